The minimum atomic E-state index is -0.228. The van der Waals surface area contributed by atoms with Crippen molar-refractivity contribution in [2.75, 3.05) is 26.2 Å². The zero-order valence-corrected chi connectivity index (χ0v) is 15.0. The van der Waals surface area contributed by atoms with Crippen molar-refractivity contribution in [2.45, 2.75) is 18.8 Å². The molecule has 1 heterocycles. The molecule has 0 atom stereocenters. The van der Waals surface area contributed by atoms with E-state index in [4.69, 9.17) is 14.2 Å². The summed E-state index contributed by atoms with van der Waals surface area (Å²) in [5, 5.41) is 0. The average Bonchev–Trinajstić information content (AvgIpc) is 2.67. The molecule has 1 aliphatic heterocycles. The van der Waals surface area contributed by atoms with Crippen molar-refractivity contribution >= 4 is 17.5 Å². The Bertz CT molecular complexity index is 797. The van der Waals surface area contributed by atoms with Crippen LogP contribution in [-0.4, -0.2) is 33.1 Å². The number of benzene rings is 2. The van der Waals surface area contributed by atoms with Gasteiger partial charge in [-0.1, -0.05) is 12.1 Å². The lowest BCUT2D eigenvalue weighted by Gasteiger charge is -2.30. The van der Waals surface area contributed by atoms with Crippen molar-refractivity contribution in [2.24, 2.45) is 0 Å². The summed E-state index contributed by atoms with van der Waals surface area (Å²) in [5.74, 6) is 1.18. The number of anilines is 1. The number of carbonyl (C=O) groups is 2. The molecule has 0 saturated carbocycles. The highest BCUT2D eigenvalue weighted by Gasteiger charge is 2.34. The van der Waals surface area contributed by atoms with Gasteiger partial charge in [-0.15, -0.1) is 0 Å². The predicted octanol–water partition coefficient (Wildman–Crippen LogP) is 3.15. The highest BCUT2D eigenvalue weighted by atomic mass is 16.5. The molecule has 1 fully saturated rings. The number of methoxy groups -OCH3 is 3. The Kier molecular flexibility index (Phi) is 5.11. The number of nitrogens with zero attached hydrogens (tertiary/aromatic N) is 1. The van der Waals surface area contributed by atoms with Crippen LogP contribution < -0.4 is 19.1 Å². The monoisotopic (exact) mass is 355 g/mol. The van der Waals surface area contributed by atoms with Gasteiger partial charge in [0.2, 0.25) is 11.8 Å². The minimum absolute atomic E-state index is 0.127. The molecule has 0 N–H and O–H groups in total. The van der Waals surface area contributed by atoms with Crippen LogP contribution in [0.4, 0.5) is 5.69 Å². The summed E-state index contributed by atoms with van der Waals surface area (Å²) in [6.45, 7) is 0. The Morgan fingerprint density at radius 3 is 1.96 bits per heavy atom. The van der Waals surface area contributed by atoms with Crippen LogP contribution in [0.15, 0.2) is 42.5 Å². The summed E-state index contributed by atoms with van der Waals surface area (Å²) in [5.41, 5.74) is 1.45. The van der Waals surface area contributed by atoms with E-state index in [2.05, 4.69) is 0 Å². The molecule has 6 heteroatoms. The van der Waals surface area contributed by atoms with Gasteiger partial charge >= 0.3 is 0 Å². The number of carbonyl (C=O) groups excluding carboxylic acids is 2. The molecule has 0 radical (unpaired) electrons. The predicted molar refractivity (Wildman–Crippen MR) is 97.0 cm³/mol. The quantitative estimate of drug-likeness (QED) is 0.771. The van der Waals surface area contributed by atoms with Gasteiger partial charge in [0.15, 0.2) is 11.5 Å². The lowest BCUT2D eigenvalue weighted by Crippen LogP contribution is -2.42. The molecule has 0 unspecified atom stereocenters. The third-order valence-electron chi connectivity index (χ3n) is 4.55. The van der Waals surface area contributed by atoms with Gasteiger partial charge in [-0.3, -0.25) is 14.5 Å². The Morgan fingerprint density at radius 2 is 1.42 bits per heavy atom. The van der Waals surface area contributed by atoms with E-state index >= 15 is 0 Å². The first-order valence-electron chi connectivity index (χ1n) is 8.29. The lowest BCUT2D eigenvalue weighted by atomic mass is 9.88. The number of imide groups is 1. The molecule has 1 saturated heterocycles. The molecule has 0 aromatic heterocycles. The summed E-state index contributed by atoms with van der Waals surface area (Å²) in [7, 11) is 4.65. The van der Waals surface area contributed by atoms with E-state index in [-0.39, 0.29) is 30.6 Å². The normalized spacial score (nSPS) is 15.1. The molecule has 0 bridgehead atoms. The SMILES string of the molecule is COc1ccc(C2CC(=O)N(c3ccc(OC)c(OC)c3)C(=O)C2)cc1. The van der Waals surface area contributed by atoms with Crippen molar-refractivity contribution in [3.8, 4) is 17.2 Å². The van der Waals surface area contributed by atoms with E-state index in [0.717, 1.165) is 11.3 Å². The van der Waals surface area contributed by atoms with Crippen LogP contribution in [0.5, 0.6) is 17.2 Å². The molecule has 1 aliphatic rings. The zero-order valence-electron chi connectivity index (χ0n) is 15.0. The van der Waals surface area contributed by atoms with Crippen molar-refractivity contribution < 1.29 is 23.8 Å². The third-order valence-corrected chi connectivity index (χ3v) is 4.55. The van der Waals surface area contributed by atoms with E-state index in [9.17, 15) is 9.59 Å². The third kappa shape index (κ3) is 3.35. The second kappa shape index (κ2) is 7.47. The second-order valence-corrected chi connectivity index (χ2v) is 6.04. The fraction of sp³-hybridized carbons (Fsp3) is 0.300. The van der Waals surface area contributed by atoms with Gasteiger partial charge in [0.05, 0.1) is 27.0 Å². The number of hydrogen-bond acceptors (Lipinski definition) is 5. The molecule has 2 aromatic rings. The fourth-order valence-electron chi connectivity index (χ4n) is 3.18. The summed E-state index contributed by atoms with van der Waals surface area (Å²) in [6.07, 6.45) is 0.541. The largest absolute Gasteiger partial charge is 0.497 e. The summed E-state index contributed by atoms with van der Waals surface area (Å²) < 4.78 is 15.6. The zero-order chi connectivity index (χ0) is 18.7. The van der Waals surface area contributed by atoms with Crippen LogP contribution in [0.3, 0.4) is 0 Å². The van der Waals surface area contributed by atoms with E-state index in [0.29, 0.717) is 17.2 Å². The van der Waals surface area contributed by atoms with Gasteiger partial charge < -0.3 is 14.2 Å². The van der Waals surface area contributed by atoms with Crippen LogP contribution in [0.1, 0.15) is 24.3 Å². The molecule has 26 heavy (non-hydrogen) atoms. The molecule has 0 aliphatic carbocycles. The maximum Gasteiger partial charge on any atom is 0.234 e. The minimum Gasteiger partial charge on any atom is -0.497 e. The molecular weight excluding hydrogens is 334 g/mol. The van der Waals surface area contributed by atoms with Crippen LogP contribution >= 0.6 is 0 Å². The number of piperidine rings is 1. The van der Waals surface area contributed by atoms with Gasteiger partial charge in [-0.25, -0.2) is 0 Å². The smallest absolute Gasteiger partial charge is 0.234 e. The Hall–Kier alpha value is -3.02. The number of rotatable bonds is 5. The Labute approximate surface area is 152 Å². The first kappa shape index (κ1) is 17.8. The molecule has 2 aromatic carbocycles. The van der Waals surface area contributed by atoms with E-state index in [1.165, 1.54) is 19.1 Å². The number of ether oxygens (including phenoxy) is 3. The van der Waals surface area contributed by atoms with Crippen molar-refractivity contribution in [3.63, 3.8) is 0 Å². The van der Waals surface area contributed by atoms with Crippen molar-refractivity contribution in [3.05, 3.63) is 48.0 Å². The summed E-state index contributed by atoms with van der Waals surface area (Å²) >= 11 is 0. The highest BCUT2D eigenvalue weighted by molar-refractivity contribution is 6.17. The van der Waals surface area contributed by atoms with Gasteiger partial charge in [0, 0.05) is 24.8 Å². The molecule has 136 valence electrons. The van der Waals surface area contributed by atoms with Gasteiger partial charge in [-0.05, 0) is 29.8 Å². The lowest BCUT2D eigenvalue weighted by molar-refractivity contribution is -0.129. The van der Waals surface area contributed by atoms with E-state index in [1.54, 1.807) is 25.3 Å². The Morgan fingerprint density at radius 1 is 0.808 bits per heavy atom. The summed E-state index contributed by atoms with van der Waals surface area (Å²) in [4.78, 5) is 26.6. The second-order valence-electron chi connectivity index (χ2n) is 6.04. The maximum atomic E-state index is 12.7. The molecular formula is C20H21NO5. The van der Waals surface area contributed by atoms with E-state index < -0.39 is 0 Å². The number of hydrogen-bond donors (Lipinski definition) is 0. The highest BCUT2D eigenvalue weighted by Crippen LogP contribution is 2.36. The van der Waals surface area contributed by atoms with E-state index in [1.807, 2.05) is 24.3 Å². The fourth-order valence-corrected chi connectivity index (χ4v) is 3.18. The molecule has 6 nitrogen and oxygen atoms in total. The Balaban J connectivity index is 1.82. The topological polar surface area (TPSA) is 65.1 Å². The maximum absolute atomic E-state index is 12.7. The van der Waals surface area contributed by atoms with Crippen molar-refractivity contribution in [1.82, 2.24) is 0 Å². The van der Waals surface area contributed by atoms with Crippen LogP contribution in [0.25, 0.3) is 0 Å². The van der Waals surface area contributed by atoms with Crippen LogP contribution in [-0.2, 0) is 9.59 Å². The average molecular weight is 355 g/mol. The first-order chi connectivity index (χ1) is 12.6. The van der Waals surface area contributed by atoms with Gasteiger partial charge in [-0.2, -0.15) is 0 Å². The standard InChI is InChI=1S/C20H21NO5/c1-24-16-7-4-13(5-8-16)14-10-19(22)21(20(23)11-14)15-6-9-17(25-2)18(12-15)26-3/h4-9,12,14H,10-11H2,1-3H3. The first-order valence-corrected chi connectivity index (χ1v) is 8.29. The van der Waals surface area contributed by atoms with Crippen LogP contribution in [0.2, 0.25) is 0 Å². The molecule has 2 amide bonds. The van der Waals surface area contributed by atoms with Gasteiger partial charge in [0.1, 0.15) is 5.75 Å². The molecule has 0 spiro atoms. The van der Waals surface area contributed by atoms with Gasteiger partial charge in [0.25, 0.3) is 0 Å². The van der Waals surface area contributed by atoms with Crippen molar-refractivity contribution in [1.29, 1.82) is 0 Å². The van der Waals surface area contributed by atoms with Crippen LogP contribution in [0, 0.1) is 0 Å². The molecule has 3 rings (SSSR count). The number of amides is 2. The summed E-state index contributed by atoms with van der Waals surface area (Å²) in [6, 6.07) is 12.5.